The standard InChI is InChI=1S/C13H17Cl2NO2S/c1-13(2,3)19(18)7-6-16-12(17)9-4-5-10(14)11(15)8-9/h4-5,8H,6-7H2,1-3H3,(H,16,17). The smallest absolute Gasteiger partial charge is 0.251 e. The molecule has 0 radical (unpaired) electrons. The van der Waals surface area contributed by atoms with Gasteiger partial charge in [0.1, 0.15) is 0 Å². The van der Waals surface area contributed by atoms with E-state index in [1.165, 1.54) is 6.07 Å². The summed E-state index contributed by atoms with van der Waals surface area (Å²) in [7, 11) is -0.980. The zero-order valence-electron chi connectivity index (χ0n) is 11.1. The van der Waals surface area contributed by atoms with Crippen molar-refractivity contribution < 1.29 is 9.00 Å². The Bertz CT molecular complexity index is 498. The van der Waals surface area contributed by atoms with E-state index in [0.29, 0.717) is 27.9 Å². The summed E-state index contributed by atoms with van der Waals surface area (Å²) in [6, 6.07) is 4.69. The highest BCUT2D eigenvalue weighted by Gasteiger charge is 2.19. The van der Waals surface area contributed by atoms with Crippen LogP contribution >= 0.6 is 23.2 Å². The van der Waals surface area contributed by atoms with Crippen molar-refractivity contribution in [2.45, 2.75) is 25.5 Å². The summed E-state index contributed by atoms with van der Waals surface area (Å²) in [5.74, 6) is 0.181. The minimum atomic E-state index is -0.980. The first-order chi connectivity index (χ1) is 8.71. The predicted molar refractivity (Wildman–Crippen MR) is 81.6 cm³/mol. The van der Waals surface area contributed by atoms with Gasteiger partial charge in [0.2, 0.25) is 0 Å². The number of carbonyl (C=O) groups excluding carboxylic acids is 1. The van der Waals surface area contributed by atoms with Gasteiger partial charge in [-0.25, -0.2) is 0 Å². The number of halogens is 2. The van der Waals surface area contributed by atoms with Crippen LogP contribution in [0.25, 0.3) is 0 Å². The van der Waals surface area contributed by atoms with Gasteiger partial charge in [0.05, 0.1) is 10.0 Å². The molecule has 1 aromatic rings. The lowest BCUT2D eigenvalue weighted by molar-refractivity contribution is 0.0956. The number of benzene rings is 1. The van der Waals surface area contributed by atoms with Crippen LogP contribution in [0.1, 0.15) is 31.1 Å². The topological polar surface area (TPSA) is 46.2 Å². The van der Waals surface area contributed by atoms with E-state index in [0.717, 1.165) is 0 Å². The highest BCUT2D eigenvalue weighted by Crippen LogP contribution is 2.22. The van der Waals surface area contributed by atoms with Gasteiger partial charge in [-0.3, -0.25) is 9.00 Å². The lowest BCUT2D eigenvalue weighted by Crippen LogP contribution is -2.32. The molecule has 1 atom stereocenters. The van der Waals surface area contributed by atoms with Crippen LogP contribution in [0, 0.1) is 0 Å². The first-order valence-corrected chi connectivity index (χ1v) is 7.91. The third-order valence-corrected chi connectivity index (χ3v) is 5.12. The molecule has 0 aromatic heterocycles. The molecule has 0 fully saturated rings. The third-order valence-electron chi connectivity index (χ3n) is 2.44. The normalized spacial score (nSPS) is 13.1. The van der Waals surface area contributed by atoms with Crippen LogP contribution in [0.2, 0.25) is 10.0 Å². The zero-order chi connectivity index (χ0) is 14.6. The lowest BCUT2D eigenvalue weighted by Gasteiger charge is -2.17. The van der Waals surface area contributed by atoms with E-state index < -0.39 is 10.8 Å². The van der Waals surface area contributed by atoms with Gasteiger partial charge in [0, 0.05) is 33.4 Å². The Morgan fingerprint density at radius 3 is 2.42 bits per heavy atom. The molecule has 1 unspecified atom stereocenters. The lowest BCUT2D eigenvalue weighted by atomic mass is 10.2. The number of carbonyl (C=O) groups is 1. The Hall–Kier alpha value is -0.580. The molecule has 3 nitrogen and oxygen atoms in total. The molecule has 0 aliphatic heterocycles. The SMILES string of the molecule is CC(C)(C)S(=O)CCNC(=O)c1ccc(Cl)c(Cl)c1. The minimum absolute atomic E-state index is 0.246. The molecule has 1 N–H and O–H groups in total. The summed E-state index contributed by atoms with van der Waals surface area (Å²) < 4.78 is 11.5. The molecule has 6 heteroatoms. The van der Waals surface area contributed by atoms with Crippen molar-refractivity contribution in [3.05, 3.63) is 33.8 Å². The molecule has 0 saturated carbocycles. The van der Waals surface area contributed by atoms with Crippen molar-refractivity contribution in [1.29, 1.82) is 0 Å². The van der Waals surface area contributed by atoms with Gasteiger partial charge in [-0.15, -0.1) is 0 Å². The average Bonchev–Trinajstić information content (AvgIpc) is 2.31. The Kier molecular flexibility index (Phi) is 5.83. The van der Waals surface area contributed by atoms with E-state index in [1.807, 2.05) is 20.8 Å². The van der Waals surface area contributed by atoms with Crippen molar-refractivity contribution >= 4 is 39.9 Å². The van der Waals surface area contributed by atoms with Crippen LogP contribution in [0.4, 0.5) is 0 Å². The monoisotopic (exact) mass is 321 g/mol. The second-order valence-electron chi connectivity index (χ2n) is 5.05. The average molecular weight is 322 g/mol. The zero-order valence-corrected chi connectivity index (χ0v) is 13.5. The fourth-order valence-electron chi connectivity index (χ4n) is 1.30. The van der Waals surface area contributed by atoms with Gasteiger partial charge in [0.15, 0.2) is 0 Å². The number of amides is 1. The number of hydrogen-bond acceptors (Lipinski definition) is 2. The molecule has 0 bridgehead atoms. The van der Waals surface area contributed by atoms with Crippen LogP contribution < -0.4 is 5.32 Å². The van der Waals surface area contributed by atoms with Gasteiger partial charge in [0.25, 0.3) is 5.91 Å². The highest BCUT2D eigenvalue weighted by atomic mass is 35.5. The summed E-state index contributed by atoms with van der Waals surface area (Å²) in [5.41, 5.74) is 0.441. The fraction of sp³-hybridized carbons (Fsp3) is 0.462. The molecular formula is C13H17Cl2NO2S. The Balaban J connectivity index is 2.52. The molecule has 0 aliphatic rings. The summed E-state index contributed by atoms with van der Waals surface area (Å²) >= 11 is 11.6. The minimum Gasteiger partial charge on any atom is -0.351 e. The summed E-state index contributed by atoms with van der Waals surface area (Å²) in [6.45, 7) is 6.08. The number of nitrogens with one attached hydrogen (secondary N) is 1. The number of hydrogen-bond donors (Lipinski definition) is 1. The van der Waals surface area contributed by atoms with Crippen molar-refractivity contribution in [3.63, 3.8) is 0 Å². The first-order valence-electron chi connectivity index (χ1n) is 5.83. The maximum atomic E-state index is 11.8. The highest BCUT2D eigenvalue weighted by molar-refractivity contribution is 7.86. The second-order valence-corrected chi connectivity index (χ2v) is 8.19. The number of rotatable bonds is 4. The molecule has 1 aromatic carbocycles. The second kappa shape index (κ2) is 6.73. The molecule has 1 amide bonds. The largest absolute Gasteiger partial charge is 0.351 e. The van der Waals surface area contributed by atoms with E-state index in [1.54, 1.807) is 12.1 Å². The fourth-order valence-corrected chi connectivity index (χ4v) is 2.50. The van der Waals surface area contributed by atoms with Gasteiger partial charge in [-0.2, -0.15) is 0 Å². The van der Waals surface area contributed by atoms with E-state index in [9.17, 15) is 9.00 Å². The molecule has 0 saturated heterocycles. The van der Waals surface area contributed by atoms with Crippen LogP contribution in [0.5, 0.6) is 0 Å². The summed E-state index contributed by atoms with van der Waals surface area (Å²) in [5, 5.41) is 3.46. The maximum absolute atomic E-state index is 11.8. The Labute approximate surface area is 126 Å². The van der Waals surface area contributed by atoms with Crippen LogP contribution in [0.15, 0.2) is 18.2 Å². The van der Waals surface area contributed by atoms with E-state index in [-0.39, 0.29) is 10.7 Å². The van der Waals surface area contributed by atoms with Gasteiger partial charge < -0.3 is 5.32 Å². The van der Waals surface area contributed by atoms with Crippen molar-refractivity contribution in [2.24, 2.45) is 0 Å². The molecule has 106 valence electrons. The molecular weight excluding hydrogens is 305 g/mol. The molecule has 0 heterocycles. The quantitative estimate of drug-likeness (QED) is 0.925. The Morgan fingerprint density at radius 2 is 1.89 bits per heavy atom. The molecule has 19 heavy (non-hydrogen) atoms. The predicted octanol–water partition coefficient (Wildman–Crippen LogP) is 3.27. The molecule has 0 spiro atoms. The van der Waals surface area contributed by atoms with Crippen LogP contribution in [0.3, 0.4) is 0 Å². The Morgan fingerprint density at radius 1 is 1.26 bits per heavy atom. The van der Waals surface area contributed by atoms with Crippen molar-refractivity contribution in [3.8, 4) is 0 Å². The van der Waals surface area contributed by atoms with Crippen molar-refractivity contribution in [2.75, 3.05) is 12.3 Å². The van der Waals surface area contributed by atoms with Gasteiger partial charge in [-0.1, -0.05) is 23.2 Å². The van der Waals surface area contributed by atoms with Gasteiger partial charge >= 0.3 is 0 Å². The molecule has 0 aliphatic carbocycles. The first kappa shape index (κ1) is 16.5. The summed E-state index contributed by atoms with van der Waals surface area (Å²) in [6.07, 6.45) is 0. The van der Waals surface area contributed by atoms with E-state index >= 15 is 0 Å². The third kappa shape index (κ3) is 5.13. The van der Waals surface area contributed by atoms with Crippen molar-refractivity contribution in [1.82, 2.24) is 5.32 Å². The molecule has 1 rings (SSSR count). The van der Waals surface area contributed by atoms with Gasteiger partial charge in [-0.05, 0) is 39.0 Å². The summed E-state index contributed by atoms with van der Waals surface area (Å²) in [4.78, 5) is 11.8. The van der Waals surface area contributed by atoms with Crippen LogP contribution in [-0.4, -0.2) is 27.2 Å². The maximum Gasteiger partial charge on any atom is 0.251 e. The van der Waals surface area contributed by atoms with Crippen LogP contribution in [-0.2, 0) is 10.8 Å². The van der Waals surface area contributed by atoms with E-state index in [4.69, 9.17) is 23.2 Å². The van der Waals surface area contributed by atoms with E-state index in [2.05, 4.69) is 5.32 Å².